The van der Waals surface area contributed by atoms with Gasteiger partial charge in [-0.05, 0) is 41.8 Å². The molecular formula is C19H21FN2O3. The van der Waals surface area contributed by atoms with Gasteiger partial charge in [-0.3, -0.25) is 20.4 Å². The molecule has 0 unspecified atom stereocenters. The molecule has 25 heavy (non-hydrogen) atoms. The van der Waals surface area contributed by atoms with E-state index in [4.69, 9.17) is 4.74 Å². The number of benzene rings is 2. The zero-order chi connectivity index (χ0) is 18.2. The Morgan fingerprint density at radius 3 is 2.48 bits per heavy atom. The number of halogens is 1. The Balaban J connectivity index is 1.86. The maximum absolute atomic E-state index is 12.8. The average molecular weight is 344 g/mol. The zero-order valence-corrected chi connectivity index (χ0v) is 14.2. The first-order valence-electron chi connectivity index (χ1n) is 8.00. The number of nitrogens with one attached hydrogen (secondary N) is 2. The molecule has 5 nitrogen and oxygen atoms in total. The standard InChI is InChI=1S/C19H21FN2O3/c1-13(2)12-25-17-5-3-4-15(11-17)19(24)22-21-18(23)10-14-6-8-16(20)9-7-14/h3-9,11,13H,10,12H2,1-2H3,(H,21,23)(H,22,24). The second kappa shape index (κ2) is 8.82. The molecule has 2 aromatic rings. The highest BCUT2D eigenvalue weighted by atomic mass is 19.1. The first-order valence-corrected chi connectivity index (χ1v) is 8.00. The maximum atomic E-state index is 12.8. The Kier molecular flexibility index (Phi) is 6.51. The van der Waals surface area contributed by atoms with Gasteiger partial charge in [0.1, 0.15) is 11.6 Å². The summed E-state index contributed by atoms with van der Waals surface area (Å²) in [5, 5.41) is 0. The average Bonchev–Trinajstić information content (AvgIpc) is 2.60. The monoisotopic (exact) mass is 344 g/mol. The van der Waals surface area contributed by atoms with Gasteiger partial charge in [0.05, 0.1) is 13.0 Å². The van der Waals surface area contributed by atoms with Crippen molar-refractivity contribution in [3.63, 3.8) is 0 Å². The Labute approximate surface area is 146 Å². The van der Waals surface area contributed by atoms with Crippen LogP contribution < -0.4 is 15.6 Å². The van der Waals surface area contributed by atoms with Crippen LogP contribution in [0.25, 0.3) is 0 Å². The number of hydrogen-bond acceptors (Lipinski definition) is 3. The Morgan fingerprint density at radius 1 is 1.08 bits per heavy atom. The number of hydrogen-bond donors (Lipinski definition) is 2. The van der Waals surface area contributed by atoms with Crippen molar-refractivity contribution in [2.75, 3.05) is 6.61 Å². The first kappa shape index (κ1) is 18.4. The summed E-state index contributed by atoms with van der Waals surface area (Å²) in [5.41, 5.74) is 5.72. The van der Waals surface area contributed by atoms with E-state index < -0.39 is 11.8 Å². The van der Waals surface area contributed by atoms with E-state index in [1.807, 2.05) is 13.8 Å². The van der Waals surface area contributed by atoms with Crippen LogP contribution in [0.15, 0.2) is 48.5 Å². The van der Waals surface area contributed by atoms with Gasteiger partial charge >= 0.3 is 0 Å². The zero-order valence-electron chi connectivity index (χ0n) is 14.2. The lowest BCUT2D eigenvalue weighted by atomic mass is 10.1. The van der Waals surface area contributed by atoms with Crippen molar-refractivity contribution in [3.8, 4) is 5.75 Å². The van der Waals surface area contributed by atoms with E-state index in [0.29, 0.717) is 29.4 Å². The largest absolute Gasteiger partial charge is 0.493 e. The summed E-state index contributed by atoms with van der Waals surface area (Å²) in [7, 11) is 0. The molecule has 2 aromatic carbocycles. The van der Waals surface area contributed by atoms with Crippen molar-refractivity contribution < 1.29 is 18.7 Å². The smallest absolute Gasteiger partial charge is 0.269 e. The lowest BCUT2D eigenvalue weighted by Crippen LogP contribution is -2.42. The van der Waals surface area contributed by atoms with Crippen LogP contribution in [0.3, 0.4) is 0 Å². The molecule has 0 radical (unpaired) electrons. The van der Waals surface area contributed by atoms with E-state index >= 15 is 0 Å². The lowest BCUT2D eigenvalue weighted by Gasteiger charge is -2.11. The maximum Gasteiger partial charge on any atom is 0.269 e. The third kappa shape index (κ3) is 6.25. The number of carbonyl (C=O) groups is 2. The number of carbonyl (C=O) groups excluding carboxylic acids is 2. The molecule has 0 aliphatic carbocycles. The number of amides is 2. The fourth-order valence-corrected chi connectivity index (χ4v) is 2.02. The van der Waals surface area contributed by atoms with Gasteiger partial charge < -0.3 is 4.74 Å². The highest BCUT2D eigenvalue weighted by Crippen LogP contribution is 2.14. The summed E-state index contributed by atoms with van der Waals surface area (Å²) >= 11 is 0. The molecule has 132 valence electrons. The second-order valence-electron chi connectivity index (χ2n) is 6.04. The van der Waals surface area contributed by atoms with Crippen LogP contribution in [-0.2, 0) is 11.2 Å². The fraction of sp³-hybridized carbons (Fsp3) is 0.263. The van der Waals surface area contributed by atoms with E-state index in [0.717, 1.165) is 0 Å². The van der Waals surface area contributed by atoms with Crippen molar-refractivity contribution in [1.82, 2.24) is 10.9 Å². The van der Waals surface area contributed by atoms with E-state index in [-0.39, 0.29) is 12.2 Å². The quantitative estimate of drug-likeness (QED) is 0.792. The highest BCUT2D eigenvalue weighted by molar-refractivity contribution is 5.95. The molecule has 0 spiro atoms. The van der Waals surface area contributed by atoms with Gasteiger partial charge in [0.2, 0.25) is 5.91 Å². The predicted molar refractivity (Wildman–Crippen MR) is 92.5 cm³/mol. The van der Waals surface area contributed by atoms with E-state index in [1.165, 1.54) is 24.3 Å². The molecule has 0 heterocycles. The van der Waals surface area contributed by atoms with Crippen LogP contribution in [0.5, 0.6) is 5.75 Å². The van der Waals surface area contributed by atoms with E-state index in [1.54, 1.807) is 24.3 Å². The summed E-state index contributed by atoms with van der Waals surface area (Å²) in [4.78, 5) is 23.9. The Hall–Kier alpha value is -2.89. The van der Waals surface area contributed by atoms with Gasteiger partial charge in [0.25, 0.3) is 5.91 Å². The second-order valence-corrected chi connectivity index (χ2v) is 6.04. The summed E-state index contributed by atoms with van der Waals surface area (Å²) in [6.07, 6.45) is 0.0398. The summed E-state index contributed by atoms with van der Waals surface area (Å²) in [6.45, 7) is 4.62. The third-order valence-corrected chi connectivity index (χ3v) is 3.27. The van der Waals surface area contributed by atoms with Gasteiger partial charge in [-0.2, -0.15) is 0 Å². The van der Waals surface area contributed by atoms with Crippen molar-refractivity contribution in [3.05, 3.63) is 65.5 Å². The van der Waals surface area contributed by atoms with Gasteiger partial charge in [-0.15, -0.1) is 0 Å². The summed E-state index contributed by atoms with van der Waals surface area (Å²) < 4.78 is 18.4. The highest BCUT2D eigenvalue weighted by Gasteiger charge is 2.09. The van der Waals surface area contributed by atoms with Gasteiger partial charge in [0.15, 0.2) is 0 Å². The normalized spacial score (nSPS) is 10.4. The molecule has 0 saturated heterocycles. The van der Waals surface area contributed by atoms with E-state index in [2.05, 4.69) is 10.9 Å². The van der Waals surface area contributed by atoms with Crippen molar-refractivity contribution >= 4 is 11.8 Å². The van der Waals surface area contributed by atoms with Crippen molar-refractivity contribution in [2.45, 2.75) is 20.3 Å². The SMILES string of the molecule is CC(C)COc1cccc(C(=O)NNC(=O)Cc2ccc(F)cc2)c1. The Morgan fingerprint density at radius 2 is 1.80 bits per heavy atom. The molecule has 0 aliphatic rings. The molecule has 0 aliphatic heterocycles. The van der Waals surface area contributed by atoms with Crippen LogP contribution in [0, 0.1) is 11.7 Å². The number of hydrazine groups is 1. The minimum Gasteiger partial charge on any atom is -0.493 e. The lowest BCUT2D eigenvalue weighted by molar-refractivity contribution is -0.121. The minimum absolute atomic E-state index is 0.0398. The molecule has 0 fully saturated rings. The molecule has 2 N–H and O–H groups in total. The van der Waals surface area contributed by atoms with Gasteiger partial charge in [-0.1, -0.05) is 32.0 Å². The third-order valence-electron chi connectivity index (χ3n) is 3.27. The topological polar surface area (TPSA) is 67.4 Å². The first-order chi connectivity index (χ1) is 11.9. The molecule has 6 heteroatoms. The summed E-state index contributed by atoms with van der Waals surface area (Å²) in [5.74, 6) is -0.228. The van der Waals surface area contributed by atoms with Crippen molar-refractivity contribution in [1.29, 1.82) is 0 Å². The van der Waals surface area contributed by atoms with Gasteiger partial charge in [-0.25, -0.2) is 4.39 Å². The van der Waals surface area contributed by atoms with Crippen LogP contribution in [0.2, 0.25) is 0 Å². The molecular weight excluding hydrogens is 323 g/mol. The molecule has 0 bridgehead atoms. The summed E-state index contributed by atoms with van der Waals surface area (Å²) in [6, 6.07) is 12.3. The molecule has 2 rings (SSSR count). The van der Waals surface area contributed by atoms with Crippen LogP contribution in [-0.4, -0.2) is 18.4 Å². The Bertz CT molecular complexity index is 730. The molecule has 0 aromatic heterocycles. The van der Waals surface area contributed by atoms with Crippen LogP contribution >= 0.6 is 0 Å². The molecule has 2 amide bonds. The predicted octanol–water partition coefficient (Wildman–Crippen LogP) is 2.86. The number of rotatable bonds is 6. The van der Waals surface area contributed by atoms with Gasteiger partial charge in [0, 0.05) is 5.56 Å². The van der Waals surface area contributed by atoms with Crippen molar-refractivity contribution in [2.24, 2.45) is 5.92 Å². The minimum atomic E-state index is -0.442. The fourth-order valence-electron chi connectivity index (χ4n) is 2.02. The molecule has 0 saturated carbocycles. The van der Waals surface area contributed by atoms with Crippen LogP contribution in [0.1, 0.15) is 29.8 Å². The number of ether oxygens (including phenoxy) is 1. The van der Waals surface area contributed by atoms with Crippen LogP contribution in [0.4, 0.5) is 4.39 Å². The van der Waals surface area contributed by atoms with E-state index in [9.17, 15) is 14.0 Å². The molecule has 0 atom stereocenters.